The zero-order chi connectivity index (χ0) is 14.7. The number of aryl methyl sites for hydroxylation is 1. The minimum absolute atomic E-state index is 0.499. The van der Waals surface area contributed by atoms with E-state index in [1.165, 1.54) is 0 Å². The summed E-state index contributed by atoms with van der Waals surface area (Å²) in [5.41, 5.74) is 1.83. The predicted molar refractivity (Wildman–Crippen MR) is 88.7 cm³/mol. The fraction of sp³-hybridized carbons (Fsp3) is 0.286. The molecule has 2 aromatic rings. The first-order valence-electron chi connectivity index (χ1n) is 6.26. The van der Waals surface area contributed by atoms with E-state index >= 15 is 0 Å². The molecule has 0 aliphatic rings. The topological polar surface area (TPSA) is 37.8 Å². The molecule has 1 aromatic carbocycles. The summed E-state index contributed by atoms with van der Waals surface area (Å²) in [5.74, 6) is 1.41. The Balaban J connectivity index is 2.55. The second-order valence-corrected chi connectivity index (χ2v) is 5.89. The van der Waals surface area contributed by atoms with Gasteiger partial charge in [-0.05, 0) is 40.5 Å². The molecule has 0 aliphatic carbocycles. The SMILES string of the molecule is CCCc1nc(-c2ccc(Cl)c(Cl)c2)nc(NC)c1Br. The maximum atomic E-state index is 6.06. The van der Waals surface area contributed by atoms with Crippen LogP contribution in [0.25, 0.3) is 11.4 Å². The third-order valence-electron chi connectivity index (χ3n) is 2.82. The molecule has 1 aromatic heterocycles. The van der Waals surface area contributed by atoms with E-state index in [9.17, 15) is 0 Å². The molecule has 1 N–H and O–H groups in total. The van der Waals surface area contributed by atoms with Crippen molar-refractivity contribution in [2.24, 2.45) is 0 Å². The minimum atomic E-state index is 0.499. The summed E-state index contributed by atoms with van der Waals surface area (Å²) in [7, 11) is 1.83. The van der Waals surface area contributed by atoms with Gasteiger partial charge in [-0.1, -0.05) is 36.5 Å². The van der Waals surface area contributed by atoms with Gasteiger partial charge in [-0.25, -0.2) is 9.97 Å². The molecule has 1 heterocycles. The molecule has 0 saturated carbocycles. The molecule has 0 radical (unpaired) electrons. The lowest BCUT2D eigenvalue weighted by atomic mass is 10.2. The lowest BCUT2D eigenvalue weighted by molar-refractivity contribution is 0.869. The molecule has 106 valence electrons. The smallest absolute Gasteiger partial charge is 0.161 e. The summed E-state index contributed by atoms with van der Waals surface area (Å²) < 4.78 is 0.908. The highest BCUT2D eigenvalue weighted by Gasteiger charge is 2.13. The number of rotatable bonds is 4. The van der Waals surface area contributed by atoms with Gasteiger partial charge in [-0.2, -0.15) is 0 Å². The van der Waals surface area contributed by atoms with E-state index in [0.717, 1.165) is 34.4 Å². The number of aromatic nitrogens is 2. The Kier molecular flexibility index (Phi) is 5.24. The first-order valence-corrected chi connectivity index (χ1v) is 7.81. The Morgan fingerprint density at radius 3 is 2.55 bits per heavy atom. The van der Waals surface area contributed by atoms with Gasteiger partial charge in [-0.3, -0.25) is 0 Å². The van der Waals surface area contributed by atoms with E-state index in [-0.39, 0.29) is 0 Å². The second-order valence-electron chi connectivity index (χ2n) is 4.29. The van der Waals surface area contributed by atoms with Crippen LogP contribution in [0, 0.1) is 0 Å². The molecule has 2 rings (SSSR count). The van der Waals surface area contributed by atoms with Crippen LogP contribution in [-0.2, 0) is 6.42 Å². The largest absolute Gasteiger partial charge is 0.372 e. The molecule has 0 unspecified atom stereocenters. The van der Waals surface area contributed by atoms with Crippen molar-refractivity contribution in [3.63, 3.8) is 0 Å². The van der Waals surface area contributed by atoms with Gasteiger partial charge in [0.05, 0.1) is 20.2 Å². The van der Waals surface area contributed by atoms with E-state index < -0.39 is 0 Å². The van der Waals surface area contributed by atoms with Gasteiger partial charge in [-0.15, -0.1) is 0 Å². The van der Waals surface area contributed by atoms with Crippen LogP contribution < -0.4 is 5.32 Å². The van der Waals surface area contributed by atoms with Crippen LogP contribution in [0.5, 0.6) is 0 Å². The van der Waals surface area contributed by atoms with Crippen molar-refractivity contribution < 1.29 is 0 Å². The standard InChI is InChI=1S/C14H14BrCl2N3/c1-3-4-11-12(15)14(18-2)20-13(19-11)8-5-6-9(16)10(17)7-8/h5-7H,3-4H2,1-2H3,(H,18,19,20). The van der Waals surface area contributed by atoms with Crippen molar-refractivity contribution in [1.82, 2.24) is 9.97 Å². The summed E-state index contributed by atoms with van der Waals surface area (Å²) in [4.78, 5) is 9.12. The Hall–Kier alpha value is -0.840. The van der Waals surface area contributed by atoms with Crippen LogP contribution in [0.4, 0.5) is 5.82 Å². The van der Waals surface area contributed by atoms with Gasteiger partial charge in [0, 0.05) is 12.6 Å². The normalized spacial score (nSPS) is 10.7. The summed E-state index contributed by atoms with van der Waals surface area (Å²) in [6.45, 7) is 2.12. The average molecular weight is 375 g/mol. The van der Waals surface area contributed by atoms with Gasteiger partial charge in [0.25, 0.3) is 0 Å². The molecular weight excluding hydrogens is 361 g/mol. The molecule has 20 heavy (non-hydrogen) atoms. The van der Waals surface area contributed by atoms with Crippen LogP contribution >= 0.6 is 39.1 Å². The number of hydrogen-bond donors (Lipinski definition) is 1. The number of anilines is 1. The Morgan fingerprint density at radius 2 is 1.95 bits per heavy atom. The third kappa shape index (κ3) is 3.25. The van der Waals surface area contributed by atoms with Gasteiger partial charge >= 0.3 is 0 Å². The first-order chi connectivity index (χ1) is 9.56. The molecule has 0 amide bonds. The zero-order valence-electron chi connectivity index (χ0n) is 11.2. The quantitative estimate of drug-likeness (QED) is 0.798. The Morgan fingerprint density at radius 1 is 1.20 bits per heavy atom. The van der Waals surface area contributed by atoms with E-state index in [1.807, 2.05) is 13.1 Å². The lowest BCUT2D eigenvalue weighted by Crippen LogP contribution is -2.03. The highest BCUT2D eigenvalue weighted by Crippen LogP contribution is 2.30. The molecule has 0 aliphatic heterocycles. The summed E-state index contributed by atoms with van der Waals surface area (Å²) >= 11 is 15.5. The molecule has 0 spiro atoms. The third-order valence-corrected chi connectivity index (χ3v) is 4.39. The molecule has 0 fully saturated rings. The van der Waals surface area contributed by atoms with Gasteiger partial charge in [0.1, 0.15) is 5.82 Å². The molecule has 0 bridgehead atoms. The number of benzene rings is 1. The van der Waals surface area contributed by atoms with Crippen molar-refractivity contribution in [2.75, 3.05) is 12.4 Å². The van der Waals surface area contributed by atoms with Crippen molar-refractivity contribution in [1.29, 1.82) is 0 Å². The highest BCUT2D eigenvalue weighted by atomic mass is 79.9. The first kappa shape index (κ1) is 15.5. The fourth-order valence-electron chi connectivity index (χ4n) is 1.83. The molecule has 0 atom stereocenters. The molecular formula is C14H14BrCl2N3. The van der Waals surface area contributed by atoms with Crippen LogP contribution in [-0.4, -0.2) is 17.0 Å². The van der Waals surface area contributed by atoms with Crippen LogP contribution in [0.2, 0.25) is 10.0 Å². The average Bonchev–Trinajstić information content (AvgIpc) is 2.44. The van der Waals surface area contributed by atoms with Crippen molar-refractivity contribution in [3.05, 3.63) is 38.4 Å². The molecule has 6 heteroatoms. The predicted octanol–water partition coefficient (Wildman–Crippen LogP) is 5.21. The van der Waals surface area contributed by atoms with Crippen molar-refractivity contribution in [3.8, 4) is 11.4 Å². The summed E-state index contributed by atoms with van der Waals surface area (Å²) in [6.07, 6.45) is 1.89. The minimum Gasteiger partial charge on any atom is -0.372 e. The lowest BCUT2D eigenvalue weighted by Gasteiger charge is -2.11. The fourth-order valence-corrected chi connectivity index (χ4v) is 2.70. The van der Waals surface area contributed by atoms with E-state index in [1.54, 1.807) is 12.1 Å². The van der Waals surface area contributed by atoms with Gasteiger partial charge < -0.3 is 5.32 Å². The molecule has 3 nitrogen and oxygen atoms in total. The van der Waals surface area contributed by atoms with Crippen LogP contribution in [0.3, 0.4) is 0 Å². The van der Waals surface area contributed by atoms with Gasteiger partial charge in [0.2, 0.25) is 0 Å². The van der Waals surface area contributed by atoms with E-state index in [0.29, 0.717) is 15.9 Å². The number of halogens is 3. The van der Waals surface area contributed by atoms with E-state index in [2.05, 4.69) is 38.1 Å². The van der Waals surface area contributed by atoms with Crippen LogP contribution in [0.15, 0.2) is 22.7 Å². The second kappa shape index (κ2) is 6.74. The monoisotopic (exact) mass is 373 g/mol. The number of nitrogens with one attached hydrogen (secondary N) is 1. The van der Waals surface area contributed by atoms with Crippen molar-refractivity contribution in [2.45, 2.75) is 19.8 Å². The number of nitrogens with zero attached hydrogens (tertiary/aromatic N) is 2. The maximum Gasteiger partial charge on any atom is 0.161 e. The zero-order valence-corrected chi connectivity index (χ0v) is 14.3. The molecule has 0 saturated heterocycles. The maximum absolute atomic E-state index is 6.06. The highest BCUT2D eigenvalue weighted by molar-refractivity contribution is 9.10. The summed E-state index contributed by atoms with van der Waals surface area (Å²) in [6, 6.07) is 5.40. The van der Waals surface area contributed by atoms with Crippen molar-refractivity contribution >= 4 is 44.9 Å². The van der Waals surface area contributed by atoms with Crippen LogP contribution in [0.1, 0.15) is 19.0 Å². The van der Waals surface area contributed by atoms with Gasteiger partial charge in [0.15, 0.2) is 5.82 Å². The Labute approximate surface area is 136 Å². The Bertz CT molecular complexity index is 632. The van der Waals surface area contributed by atoms with E-state index in [4.69, 9.17) is 23.2 Å². The summed E-state index contributed by atoms with van der Waals surface area (Å²) in [5, 5.41) is 4.10. The number of hydrogen-bond acceptors (Lipinski definition) is 3.